The SMILES string of the molecule is COc1ccc(N=Nc2ccc(O)c(/C=N/c3ccccn3)c2)cc1. The Morgan fingerprint density at radius 3 is 2.44 bits per heavy atom. The smallest absolute Gasteiger partial charge is 0.151 e. The van der Waals surface area contributed by atoms with E-state index in [4.69, 9.17) is 4.74 Å². The lowest BCUT2D eigenvalue weighted by Gasteiger charge is -2.01. The largest absolute Gasteiger partial charge is 0.507 e. The number of benzene rings is 2. The third kappa shape index (κ3) is 4.48. The number of rotatable bonds is 5. The van der Waals surface area contributed by atoms with E-state index in [2.05, 4.69) is 20.2 Å². The van der Waals surface area contributed by atoms with Crippen molar-refractivity contribution in [1.29, 1.82) is 0 Å². The highest BCUT2D eigenvalue weighted by Crippen LogP contribution is 2.25. The van der Waals surface area contributed by atoms with Gasteiger partial charge in [0.2, 0.25) is 0 Å². The van der Waals surface area contributed by atoms with Crippen LogP contribution in [0.5, 0.6) is 11.5 Å². The Labute approximate surface area is 145 Å². The first-order chi connectivity index (χ1) is 12.2. The van der Waals surface area contributed by atoms with E-state index in [1.165, 1.54) is 0 Å². The van der Waals surface area contributed by atoms with Crippen LogP contribution in [-0.4, -0.2) is 23.4 Å². The summed E-state index contributed by atoms with van der Waals surface area (Å²) in [7, 11) is 1.61. The molecule has 3 rings (SSSR count). The molecule has 25 heavy (non-hydrogen) atoms. The second-order valence-corrected chi connectivity index (χ2v) is 5.09. The summed E-state index contributed by atoms with van der Waals surface area (Å²) in [6.45, 7) is 0. The summed E-state index contributed by atoms with van der Waals surface area (Å²) < 4.78 is 5.10. The number of aromatic hydroxyl groups is 1. The van der Waals surface area contributed by atoms with Gasteiger partial charge in [-0.25, -0.2) is 9.98 Å². The first-order valence-corrected chi connectivity index (χ1v) is 7.58. The molecule has 0 radical (unpaired) electrons. The molecule has 0 saturated carbocycles. The molecule has 0 saturated heterocycles. The topological polar surface area (TPSA) is 79.4 Å². The molecule has 124 valence electrons. The molecule has 0 aliphatic heterocycles. The standard InChI is InChI=1S/C19H16N4O2/c1-25-17-8-5-15(6-9-17)22-23-16-7-10-18(24)14(12-16)13-21-19-4-2-3-11-20-19/h2-13,24H,1H3/b21-13+,23-22?. The van der Waals surface area contributed by atoms with Gasteiger partial charge in [0, 0.05) is 18.0 Å². The molecule has 0 fully saturated rings. The van der Waals surface area contributed by atoms with E-state index in [1.807, 2.05) is 36.4 Å². The predicted molar refractivity (Wildman–Crippen MR) is 96.8 cm³/mol. The molecule has 3 aromatic rings. The molecule has 2 aromatic carbocycles. The van der Waals surface area contributed by atoms with E-state index in [9.17, 15) is 5.11 Å². The van der Waals surface area contributed by atoms with Gasteiger partial charge in [-0.05, 0) is 54.6 Å². The summed E-state index contributed by atoms with van der Waals surface area (Å²) in [5.74, 6) is 1.44. The first kappa shape index (κ1) is 16.3. The van der Waals surface area contributed by atoms with E-state index in [1.54, 1.807) is 43.8 Å². The van der Waals surface area contributed by atoms with Crippen molar-refractivity contribution in [1.82, 2.24) is 4.98 Å². The number of phenolic OH excluding ortho intramolecular Hbond substituents is 1. The van der Waals surface area contributed by atoms with Crippen LogP contribution in [0.4, 0.5) is 17.2 Å². The Hall–Kier alpha value is -3.54. The van der Waals surface area contributed by atoms with Crippen LogP contribution in [0.2, 0.25) is 0 Å². The molecular formula is C19H16N4O2. The molecule has 0 spiro atoms. The minimum absolute atomic E-state index is 0.114. The zero-order chi connectivity index (χ0) is 17.5. The van der Waals surface area contributed by atoms with Gasteiger partial charge in [0.1, 0.15) is 11.5 Å². The van der Waals surface area contributed by atoms with Gasteiger partial charge < -0.3 is 9.84 Å². The van der Waals surface area contributed by atoms with Crippen LogP contribution in [0.25, 0.3) is 0 Å². The van der Waals surface area contributed by atoms with Gasteiger partial charge in [-0.15, -0.1) is 0 Å². The number of pyridine rings is 1. The first-order valence-electron chi connectivity index (χ1n) is 7.58. The van der Waals surface area contributed by atoms with Crippen molar-refractivity contribution in [3.8, 4) is 11.5 Å². The number of nitrogens with zero attached hydrogens (tertiary/aromatic N) is 4. The number of aromatic nitrogens is 1. The summed E-state index contributed by atoms with van der Waals surface area (Å²) in [5.41, 5.74) is 1.85. The van der Waals surface area contributed by atoms with Crippen molar-refractivity contribution in [3.05, 3.63) is 72.4 Å². The van der Waals surface area contributed by atoms with Crippen molar-refractivity contribution >= 4 is 23.4 Å². The van der Waals surface area contributed by atoms with Crippen LogP contribution < -0.4 is 4.74 Å². The number of methoxy groups -OCH3 is 1. The van der Waals surface area contributed by atoms with Crippen LogP contribution in [0.1, 0.15) is 5.56 Å². The van der Waals surface area contributed by atoms with Crippen LogP contribution in [-0.2, 0) is 0 Å². The highest BCUT2D eigenvalue weighted by molar-refractivity contribution is 5.86. The molecule has 6 heteroatoms. The number of ether oxygens (including phenoxy) is 1. The van der Waals surface area contributed by atoms with Crippen LogP contribution in [0.15, 0.2) is 82.1 Å². The van der Waals surface area contributed by atoms with Gasteiger partial charge >= 0.3 is 0 Å². The van der Waals surface area contributed by atoms with Gasteiger partial charge in [0.05, 0.1) is 18.5 Å². The fraction of sp³-hybridized carbons (Fsp3) is 0.0526. The summed E-state index contributed by atoms with van der Waals surface area (Å²) in [5, 5.41) is 18.3. The fourth-order valence-corrected chi connectivity index (χ4v) is 2.04. The monoisotopic (exact) mass is 332 g/mol. The van der Waals surface area contributed by atoms with Gasteiger partial charge in [0.25, 0.3) is 0 Å². The fourth-order valence-electron chi connectivity index (χ4n) is 2.04. The Morgan fingerprint density at radius 2 is 1.72 bits per heavy atom. The Bertz CT molecular complexity index is 891. The maximum Gasteiger partial charge on any atom is 0.151 e. The number of azo groups is 1. The summed E-state index contributed by atoms with van der Waals surface area (Å²) >= 11 is 0. The second-order valence-electron chi connectivity index (χ2n) is 5.09. The molecule has 0 atom stereocenters. The Balaban J connectivity index is 1.78. The summed E-state index contributed by atoms with van der Waals surface area (Å²) in [6.07, 6.45) is 3.20. The minimum Gasteiger partial charge on any atom is -0.507 e. The van der Waals surface area contributed by atoms with Crippen LogP contribution >= 0.6 is 0 Å². The molecule has 1 aromatic heterocycles. The maximum atomic E-state index is 9.96. The quantitative estimate of drug-likeness (QED) is 0.529. The number of phenols is 1. The molecule has 1 N–H and O–H groups in total. The molecule has 6 nitrogen and oxygen atoms in total. The zero-order valence-corrected chi connectivity index (χ0v) is 13.6. The van der Waals surface area contributed by atoms with E-state index in [0.29, 0.717) is 22.8 Å². The average molecular weight is 332 g/mol. The Morgan fingerprint density at radius 1 is 0.960 bits per heavy atom. The average Bonchev–Trinajstić information content (AvgIpc) is 2.67. The molecule has 1 heterocycles. The van der Waals surface area contributed by atoms with Crippen molar-refractivity contribution in [2.24, 2.45) is 15.2 Å². The molecule has 0 aliphatic carbocycles. The van der Waals surface area contributed by atoms with Gasteiger partial charge in [-0.3, -0.25) is 0 Å². The van der Waals surface area contributed by atoms with Crippen molar-refractivity contribution in [3.63, 3.8) is 0 Å². The van der Waals surface area contributed by atoms with E-state index in [-0.39, 0.29) is 5.75 Å². The van der Waals surface area contributed by atoms with Crippen LogP contribution in [0.3, 0.4) is 0 Å². The maximum absolute atomic E-state index is 9.96. The molecule has 0 amide bonds. The minimum atomic E-state index is 0.114. The normalized spacial score (nSPS) is 11.2. The lowest BCUT2D eigenvalue weighted by atomic mass is 10.2. The molecular weight excluding hydrogens is 316 g/mol. The lowest BCUT2D eigenvalue weighted by molar-refractivity contribution is 0.415. The summed E-state index contributed by atoms with van der Waals surface area (Å²) in [6, 6.07) is 17.6. The predicted octanol–water partition coefficient (Wildman–Crippen LogP) is 4.96. The van der Waals surface area contributed by atoms with Gasteiger partial charge in [0.15, 0.2) is 5.82 Å². The van der Waals surface area contributed by atoms with Crippen LogP contribution in [0, 0.1) is 0 Å². The van der Waals surface area contributed by atoms with Gasteiger partial charge in [-0.1, -0.05) is 6.07 Å². The number of hydrogen-bond acceptors (Lipinski definition) is 6. The van der Waals surface area contributed by atoms with Crippen molar-refractivity contribution in [2.75, 3.05) is 7.11 Å². The second kappa shape index (κ2) is 7.83. The highest BCUT2D eigenvalue weighted by atomic mass is 16.5. The third-order valence-electron chi connectivity index (χ3n) is 3.35. The van der Waals surface area contributed by atoms with Gasteiger partial charge in [-0.2, -0.15) is 10.2 Å². The highest BCUT2D eigenvalue weighted by Gasteiger charge is 2.01. The molecule has 0 aliphatic rings. The zero-order valence-electron chi connectivity index (χ0n) is 13.6. The van der Waals surface area contributed by atoms with Crippen molar-refractivity contribution < 1.29 is 9.84 Å². The van der Waals surface area contributed by atoms with Crippen molar-refractivity contribution in [2.45, 2.75) is 0 Å². The van der Waals surface area contributed by atoms with E-state index < -0.39 is 0 Å². The van der Waals surface area contributed by atoms with E-state index in [0.717, 1.165) is 5.75 Å². The molecule has 0 bridgehead atoms. The third-order valence-corrected chi connectivity index (χ3v) is 3.35. The Kier molecular flexibility index (Phi) is 5.11. The summed E-state index contributed by atoms with van der Waals surface area (Å²) in [4.78, 5) is 8.34. The molecule has 0 unspecified atom stereocenters. The number of hydrogen-bond donors (Lipinski definition) is 1. The van der Waals surface area contributed by atoms with E-state index >= 15 is 0 Å². The number of aliphatic imine (C=N–C) groups is 1. The lowest BCUT2D eigenvalue weighted by Crippen LogP contribution is -1.82.